The summed E-state index contributed by atoms with van der Waals surface area (Å²) in [5.41, 5.74) is 5.24. The third-order valence-electron chi connectivity index (χ3n) is 4.36. The molecule has 0 radical (unpaired) electrons. The zero-order valence-corrected chi connectivity index (χ0v) is 13.6. The van der Waals surface area contributed by atoms with Crippen molar-refractivity contribution < 1.29 is 14.3 Å². The van der Waals surface area contributed by atoms with Gasteiger partial charge in [0.2, 0.25) is 5.91 Å². The summed E-state index contributed by atoms with van der Waals surface area (Å²) in [6.07, 6.45) is 7.58. The van der Waals surface area contributed by atoms with Gasteiger partial charge in [-0.05, 0) is 18.1 Å². The molecular formula is C18H18N4O3. The van der Waals surface area contributed by atoms with Gasteiger partial charge >= 0.3 is 5.91 Å². The minimum absolute atomic E-state index is 0.272. The van der Waals surface area contributed by atoms with Crippen LogP contribution in [0, 0.1) is 12.3 Å². The number of nitrogens with two attached hydrogens (primary N) is 1. The number of rotatable bonds is 4. The smallest absolute Gasteiger partial charge is 0.304 e. The van der Waals surface area contributed by atoms with Gasteiger partial charge in [0.25, 0.3) is 0 Å². The summed E-state index contributed by atoms with van der Waals surface area (Å²) in [5.74, 6) is 1.09. The number of hydrogen-bond donors (Lipinski definition) is 1. The van der Waals surface area contributed by atoms with Crippen molar-refractivity contribution in [2.45, 2.75) is 18.4 Å². The minimum Gasteiger partial charge on any atom is -0.381 e. The molecular weight excluding hydrogens is 320 g/mol. The van der Waals surface area contributed by atoms with Crippen molar-refractivity contribution in [3.63, 3.8) is 0 Å². The van der Waals surface area contributed by atoms with Gasteiger partial charge in [-0.2, -0.15) is 0 Å². The number of anilines is 1. The van der Waals surface area contributed by atoms with Crippen LogP contribution in [0.1, 0.15) is 12.8 Å². The minimum atomic E-state index is -1.24. The first-order valence-electron chi connectivity index (χ1n) is 7.88. The maximum absolute atomic E-state index is 12.5. The molecule has 7 heteroatoms. The molecule has 25 heavy (non-hydrogen) atoms. The van der Waals surface area contributed by atoms with Crippen LogP contribution in [-0.4, -0.2) is 40.3 Å². The lowest BCUT2D eigenvalue weighted by Crippen LogP contribution is -2.62. The third kappa shape index (κ3) is 2.99. The van der Waals surface area contributed by atoms with Crippen molar-refractivity contribution in [2.75, 3.05) is 18.1 Å². The van der Waals surface area contributed by atoms with Crippen LogP contribution in [0.25, 0.3) is 5.69 Å². The molecule has 0 aliphatic carbocycles. The van der Waals surface area contributed by atoms with Crippen LogP contribution >= 0.6 is 0 Å². The second-order valence-corrected chi connectivity index (χ2v) is 5.75. The highest BCUT2D eigenvalue weighted by molar-refractivity contribution is 6.10. The second-order valence-electron chi connectivity index (χ2n) is 5.75. The normalized spacial score (nSPS) is 16.0. The Bertz CT molecular complexity index is 816. The van der Waals surface area contributed by atoms with Gasteiger partial charge in [0, 0.05) is 38.3 Å². The monoisotopic (exact) mass is 338 g/mol. The number of primary amides is 1. The summed E-state index contributed by atoms with van der Waals surface area (Å²) in [7, 11) is 0. The van der Waals surface area contributed by atoms with Gasteiger partial charge in [0.05, 0.1) is 5.69 Å². The van der Waals surface area contributed by atoms with E-state index in [1.54, 1.807) is 16.9 Å². The van der Waals surface area contributed by atoms with Gasteiger partial charge in [-0.1, -0.05) is 18.2 Å². The Morgan fingerprint density at radius 1 is 1.24 bits per heavy atom. The molecule has 1 saturated heterocycles. The fourth-order valence-electron chi connectivity index (χ4n) is 3.03. The molecule has 128 valence electrons. The van der Waals surface area contributed by atoms with E-state index in [0.717, 1.165) is 5.69 Å². The molecule has 1 aromatic heterocycles. The third-order valence-corrected chi connectivity index (χ3v) is 4.36. The van der Waals surface area contributed by atoms with Crippen molar-refractivity contribution in [1.29, 1.82) is 0 Å². The number of hydrogen-bond acceptors (Lipinski definition) is 4. The molecule has 7 nitrogen and oxygen atoms in total. The lowest BCUT2D eigenvalue weighted by molar-refractivity contribution is -0.130. The predicted molar refractivity (Wildman–Crippen MR) is 91.9 cm³/mol. The molecule has 1 fully saturated rings. The maximum atomic E-state index is 12.5. The van der Waals surface area contributed by atoms with Crippen molar-refractivity contribution in [3.8, 4) is 18.0 Å². The summed E-state index contributed by atoms with van der Waals surface area (Å²) in [5, 5.41) is 4.43. The standard InChI is InChI=1S/C18H18N4O3/c1-2-16(23)22(18(17(19)24)9-12-25-13-10-18)15-8-11-21(20-15)14-6-4-3-5-7-14/h1,3-8,11H,9-10,12-13H2,(H2,19,24). The Labute approximate surface area is 145 Å². The maximum Gasteiger partial charge on any atom is 0.304 e. The van der Waals surface area contributed by atoms with E-state index in [-0.39, 0.29) is 18.7 Å². The second kappa shape index (κ2) is 6.79. The molecule has 0 bridgehead atoms. The molecule has 0 saturated carbocycles. The molecule has 1 aliphatic rings. The van der Waals surface area contributed by atoms with Gasteiger partial charge in [-0.3, -0.25) is 14.5 Å². The van der Waals surface area contributed by atoms with Crippen LogP contribution in [-0.2, 0) is 14.3 Å². The lowest BCUT2D eigenvalue weighted by atomic mass is 9.87. The van der Waals surface area contributed by atoms with Crippen molar-refractivity contribution >= 4 is 17.6 Å². The highest BCUT2D eigenvalue weighted by Gasteiger charge is 2.47. The number of benzene rings is 1. The molecule has 2 aromatic rings. The van der Waals surface area contributed by atoms with Crippen molar-refractivity contribution in [2.24, 2.45) is 5.73 Å². The highest BCUT2D eigenvalue weighted by Crippen LogP contribution is 2.32. The SMILES string of the molecule is C#CC(=O)N(c1ccn(-c2ccccc2)n1)C1(C(N)=O)CCOCC1. The molecule has 0 atom stereocenters. The lowest BCUT2D eigenvalue weighted by Gasteiger charge is -2.41. The van der Waals surface area contributed by atoms with Gasteiger partial charge in [0.15, 0.2) is 5.82 Å². The summed E-state index contributed by atoms with van der Waals surface area (Å²) < 4.78 is 6.94. The quantitative estimate of drug-likeness (QED) is 0.838. The summed E-state index contributed by atoms with van der Waals surface area (Å²) in [6.45, 7) is 0.632. The molecule has 2 amide bonds. The van der Waals surface area contributed by atoms with E-state index in [2.05, 4.69) is 11.0 Å². The number of ether oxygens (including phenoxy) is 1. The number of para-hydroxylation sites is 1. The highest BCUT2D eigenvalue weighted by atomic mass is 16.5. The molecule has 2 heterocycles. The average molecular weight is 338 g/mol. The van der Waals surface area contributed by atoms with Crippen LogP contribution in [0.5, 0.6) is 0 Å². The van der Waals surface area contributed by atoms with E-state index >= 15 is 0 Å². The number of terminal acetylenes is 1. The zero-order chi connectivity index (χ0) is 17.9. The predicted octanol–water partition coefficient (Wildman–Crippen LogP) is 0.873. The van der Waals surface area contributed by atoms with E-state index < -0.39 is 17.4 Å². The fraction of sp³-hybridized carbons (Fsp3) is 0.278. The summed E-state index contributed by atoms with van der Waals surface area (Å²) >= 11 is 0. The van der Waals surface area contributed by atoms with E-state index in [0.29, 0.717) is 13.2 Å². The summed E-state index contributed by atoms with van der Waals surface area (Å²) in [4.78, 5) is 26.0. The fourth-order valence-corrected chi connectivity index (χ4v) is 3.03. The first kappa shape index (κ1) is 16.7. The Balaban J connectivity index is 2.05. The first-order valence-corrected chi connectivity index (χ1v) is 7.88. The zero-order valence-electron chi connectivity index (χ0n) is 13.6. The number of nitrogens with zero attached hydrogens (tertiary/aromatic N) is 3. The molecule has 2 N–H and O–H groups in total. The van der Waals surface area contributed by atoms with Crippen LogP contribution in [0.15, 0.2) is 42.6 Å². The van der Waals surface area contributed by atoms with Gasteiger partial charge in [0.1, 0.15) is 5.54 Å². The van der Waals surface area contributed by atoms with Crippen LogP contribution < -0.4 is 10.6 Å². The molecule has 1 aliphatic heterocycles. The number of amides is 2. The Kier molecular flexibility index (Phi) is 4.55. The number of aromatic nitrogens is 2. The Hall–Kier alpha value is -3.11. The van der Waals surface area contributed by atoms with E-state index in [1.165, 1.54) is 4.90 Å². The van der Waals surface area contributed by atoms with Crippen molar-refractivity contribution in [3.05, 3.63) is 42.6 Å². The summed E-state index contributed by atoms with van der Waals surface area (Å²) in [6, 6.07) is 11.0. The van der Waals surface area contributed by atoms with Gasteiger partial charge in [-0.25, -0.2) is 4.68 Å². The van der Waals surface area contributed by atoms with Crippen LogP contribution in [0.3, 0.4) is 0 Å². The number of carbonyl (C=O) groups excluding carboxylic acids is 2. The van der Waals surface area contributed by atoms with Crippen LogP contribution in [0.2, 0.25) is 0 Å². The largest absolute Gasteiger partial charge is 0.381 e. The Morgan fingerprint density at radius 2 is 1.92 bits per heavy atom. The van der Waals surface area contributed by atoms with Crippen molar-refractivity contribution in [1.82, 2.24) is 9.78 Å². The molecule has 3 rings (SSSR count). The van der Waals surface area contributed by atoms with E-state index in [1.807, 2.05) is 30.3 Å². The van der Waals surface area contributed by atoms with Crippen LogP contribution in [0.4, 0.5) is 5.82 Å². The van der Waals surface area contributed by atoms with E-state index in [4.69, 9.17) is 16.9 Å². The average Bonchev–Trinajstić information content (AvgIpc) is 3.12. The molecule has 1 aromatic carbocycles. The van der Waals surface area contributed by atoms with E-state index in [9.17, 15) is 9.59 Å². The molecule has 0 spiro atoms. The molecule has 0 unspecified atom stereocenters. The Morgan fingerprint density at radius 3 is 2.52 bits per heavy atom. The number of carbonyl (C=O) groups is 2. The first-order chi connectivity index (χ1) is 12.1. The van der Waals surface area contributed by atoms with Gasteiger partial charge < -0.3 is 10.5 Å². The van der Waals surface area contributed by atoms with Gasteiger partial charge in [-0.15, -0.1) is 11.5 Å². The topological polar surface area (TPSA) is 90.5 Å².